The van der Waals surface area contributed by atoms with E-state index in [0.717, 1.165) is 17.8 Å². The normalized spacial score (nSPS) is 31.6. The van der Waals surface area contributed by atoms with Gasteiger partial charge in [0.15, 0.2) is 0 Å². The highest BCUT2D eigenvalue weighted by Crippen LogP contribution is 2.38. The molecule has 0 radical (unpaired) electrons. The van der Waals surface area contributed by atoms with Crippen LogP contribution in [-0.4, -0.2) is 0 Å². The van der Waals surface area contributed by atoms with Crippen LogP contribution >= 0.6 is 0 Å². The van der Waals surface area contributed by atoms with Gasteiger partial charge in [-0.1, -0.05) is 59.3 Å². The molecule has 0 nitrogen and oxygen atoms in total. The van der Waals surface area contributed by atoms with Gasteiger partial charge in [0.25, 0.3) is 0 Å². The standard InChI is InChI=1S/C13H26/c1-4-8-11(3)13-10-7-6-9-12(13)5-2/h11-13H,4-10H2,1-3H3/t11?,12-,13+/m1/s1. The molecule has 0 bridgehead atoms. The minimum Gasteiger partial charge on any atom is -0.0654 e. The van der Waals surface area contributed by atoms with E-state index in [0.29, 0.717) is 0 Å². The molecular formula is C13H26. The van der Waals surface area contributed by atoms with Gasteiger partial charge in [0.1, 0.15) is 0 Å². The Labute approximate surface area is 84.1 Å². The average Bonchev–Trinajstić information content (AvgIpc) is 2.18. The third-order valence-corrected chi connectivity index (χ3v) is 3.97. The van der Waals surface area contributed by atoms with Crippen LogP contribution < -0.4 is 0 Å². The molecule has 0 heterocycles. The number of hydrogen-bond donors (Lipinski definition) is 0. The van der Waals surface area contributed by atoms with E-state index in [-0.39, 0.29) is 0 Å². The van der Waals surface area contributed by atoms with E-state index in [9.17, 15) is 0 Å². The lowest BCUT2D eigenvalue weighted by Gasteiger charge is -2.35. The monoisotopic (exact) mass is 182 g/mol. The summed E-state index contributed by atoms with van der Waals surface area (Å²) in [5.74, 6) is 3.09. The summed E-state index contributed by atoms with van der Waals surface area (Å²) in [6.45, 7) is 7.17. The van der Waals surface area contributed by atoms with Gasteiger partial charge in [0.2, 0.25) is 0 Å². The Balaban J connectivity index is 2.43. The molecule has 0 aromatic carbocycles. The molecular weight excluding hydrogens is 156 g/mol. The van der Waals surface area contributed by atoms with Gasteiger partial charge in [-0.05, 0) is 24.2 Å². The maximum Gasteiger partial charge on any atom is -0.0360 e. The second kappa shape index (κ2) is 5.67. The van der Waals surface area contributed by atoms with E-state index in [2.05, 4.69) is 20.8 Å². The molecule has 1 aliphatic carbocycles. The first-order valence-corrected chi connectivity index (χ1v) is 6.29. The van der Waals surface area contributed by atoms with Gasteiger partial charge < -0.3 is 0 Å². The van der Waals surface area contributed by atoms with Gasteiger partial charge in [-0.2, -0.15) is 0 Å². The zero-order valence-electron chi connectivity index (χ0n) is 9.68. The Morgan fingerprint density at radius 1 is 1.15 bits per heavy atom. The molecule has 0 aliphatic heterocycles. The predicted molar refractivity (Wildman–Crippen MR) is 59.8 cm³/mol. The lowest BCUT2D eigenvalue weighted by molar-refractivity contribution is 0.159. The van der Waals surface area contributed by atoms with Crippen molar-refractivity contribution < 1.29 is 0 Å². The van der Waals surface area contributed by atoms with Crippen LogP contribution in [0.15, 0.2) is 0 Å². The van der Waals surface area contributed by atoms with E-state index in [1.165, 1.54) is 44.9 Å². The first-order valence-electron chi connectivity index (χ1n) is 6.29. The lowest BCUT2D eigenvalue weighted by Crippen LogP contribution is -2.24. The summed E-state index contributed by atoms with van der Waals surface area (Å²) in [5.41, 5.74) is 0. The fourth-order valence-electron chi connectivity index (χ4n) is 3.16. The molecule has 1 aliphatic rings. The third-order valence-electron chi connectivity index (χ3n) is 3.97. The fourth-order valence-corrected chi connectivity index (χ4v) is 3.16. The smallest absolute Gasteiger partial charge is 0.0360 e. The second-order valence-electron chi connectivity index (χ2n) is 4.88. The van der Waals surface area contributed by atoms with Crippen LogP contribution in [0.25, 0.3) is 0 Å². The van der Waals surface area contributed by atoms with Crippen LogP contribution in [0, 0.1) is 17.8 Å². The molecule has 0 amide bonds. The fraction of sp³-hybridized carbons (Fsp3) is 1.00. The van der Waals surface area contributed by atoms with E-state index in [4.69, 9.17) is 0 Å². The highest BCUT2D eigenvalue weighted by Gasteiger charge is 2.27. The van der Waals surface area contributed by atoms with Crippen LogP contribution in [0.1, 0.15) is 65.7 Å². The van der Waals surface area contributed by atoms with Gasteiger partial charge in [-0.15, -0.1) is 0 Å². The van der Waals surface area contributed by atoms with Crippen molar-refractivity contribution in [3.8, 4) is 0 Å². The quantitative estimate of drug-likeness (QED) is 0.594. The van der Waals surface area contributed by atoms with Gasteiger partial charge in [0.05, 0.1) is 0 Å². The summed E-state index contributed by atoms with van der Waals surface area (Å²) >= 11 is 0. The van der Waals surface area contributed by atoms with Crippen LogP contribution in [-0.2, 0) is 0 Å². The molecule has 78 valence electrons. The minimum absolute atomic E-state index is 0.982. The van der Waals surface area contributed by atoms with Gasteiger partial charge in [-0.3, -0.25) is 0 Å². The molecule has 0 N–H and O–H groups in total. The Kier molecular flexibility index (Phi) is 4.83. The van der Waals surface area contributed by atoms with Crippen molar-refractivity contribution in [3.63, 3.8) is 0 Å². The lowest BCUT2D eigenvalue weighted by atomic mass is 9.71. The molecule has 0 spiro atoms. The summed E-state index contributed by atoms with van der Waals surface area (Å²) in [7, 11) is 0. The van der Waals surface area contributed by atoms with Crippen LogP contribution in [0.2, 0.25) is 0 Å². The number of hydrogen-bond acceptors (Lipinski definition) is 0. The average molecular weight is 182 g/mol. The first kappa shape index (κ1) is 11.1. The topological polar surface area (TPSA) is 0 Å². The van der Waals surface area contributed by atoms with Crippen molar-refractivity contribution >= 4 is 0 Å². The molecule has 1 saturated carbocycles. The molecule has 1 unspecified atom stereocenters. The molecule has 3 atom stereocenters. The van der Waals surface area contributed by atoms with Crippen molar-refractivity contribution in [2.24, 2.45) is 17.8 Å². The summed E-state index contributed by atoms with van der Waals surface area (Å²) in [4.78, 5) is 0. The van der Waals surface area contributed by atoms with E-state index in [1.807, 2.05) is 0 Å². The SMILES string of the molecule is CCCC(C)[C@@H]1CCCC[C@H]1CC. The van der Waals surface area contributed by atoms with Gasteiger partial charge in [-0.25, -0.2) is 0 Å². The van der Waals surface area contributed by atoms with Crippen LogP contribution in [0.5, 0.6) is 0 Å². The van der Waals surface area contributed by atoms with Gasteiger partial charge in [0, 0.05) is 0 Å². The molecule has 1 fully saturated rings. The Morgan fingerprint density at radius 3 is 2.46 bits per heavy atom. The van der Waals surface area contributed by atoms with E-state index in [1.54, 1.807) is 0 Å². The molecule has 0 aromatic rings. The highest BCUT2D eigenvalue weighted by atomic mass is 14.3. The van der Waals surface area contributed by atoms with Crippen molar-refractivity contribution in [2.45, 2.75) is 65.7 Å². The van der Waals surface area contributed by atoms with Crippen LogP contribution in [0.4, 0.5) is 0 Å². The summed E-state index contributed by atoms with van der Waals surface area (Å²) < 4.78 is 0. The minimum atomic E-state index is 0.982. The Bertz CT molecular complexity index is 128. The predicted octanol–water partition coefficient (Wildman–Crippen LogP) is 4.64. The highest BCUT2D eigenvalue weighted by molar-refractivity contribution is 4.78. The maximum atomic E-state index is 2.47. The van der Waals surface area contributed by atoms with Crippen molar-refractivity contribution in [1.82, 2.24) is 0 Å². The zero-order valence-corrected chi connectivity index (χ0v) is 9.68. The first-order chi connectivity index (χ1) is 6.29. The Hall–Kier alpha value is 0. The molecule has 0 saturated heterocycles. The van der Waals surface area contributed by atoms with Crippen molar-refractivity contribution in [3.05, 3.63) is 0 Å². The van der Waals surface area contributed by atoms with E-state index < -0.39 is 0 Å². The Morgan fingerprint density at radius 2 is 1.85 bits per heavy atom. The zero-order chi connectivity index (χ0) is 9.68. The maximum absolute atomic E-state index is 2.47. The molecule has 1 rings (SSSR count). The second-order valence-corrected chi connectivity index (χ2v) is 4.88. The molecule has 13 heavy (non-hydrogen) atoms. The largest absolute Gasteiger partial charge is 0.0654 e. The third kappa shape index (κ3) is 3.00. The van der Waals surface area contributed by atoms with Crippen molar-refractivity contribution in [1.29, 1.82) is 0 Å². The van der Waals surface area contributed by atoms with Crippen LogP contribution in [0.3, 0.4) is 0 Å². The summed E-state index contributed by atoms with van der Waals surface area (Å²) in [6.07, 6.45) is 10.2. The summed E-state index contributed by atoms with van der Waals surface area (Å²) in [5, 5.41) is 0. The van der Waals surface area contributed by atoms with Crippen molar-refractivity contribution in [2.75, 3.05) is 0 Å². The molecule has 0 aromatic heterocycles. The van der Waals surface area contributed by atoms with Gasteiger partial charge >= 0.3 is 0 Å². The molecule has 0 heteroatoms. The van der Waals surface area contributed by atoms with E-state index >= 15 is 0 Å². The number of rotatable bonds is 4. The summed E-state index contributed by atoms with van der Waals surface area (Å²) in [6, 6.07) is 0.